The standard InChI is InChI=1S/C18H17ClN2O5S/c19-17-6-5-16(27-17)15(22)11-26-18(23)12-7-9-20(10-8-12)13-3-1-2-4-14(13)21(24)25/h1-6,12H,7-11H2. The van der Waals surface area contributed by atoms with Gasteiger partial charge in [-0.2, -0.15) is 0 Å². The van der Waals surface area contributed by atoms with Crippen LogP contribution in [-0.2, 0) is 9.53 Å². The lowest BCUT2D eigenvalue weighted by atomic mass is 9.96. The zero-order valence-electron chi connectivity index (χ0n) is 14.3. The molecule has 0 saturated carbocycles. The molecule has 7 nitrogen and oxygen atoms in total. The molecule has 142 valence electrons. The number of esters is 1. The summed E-state index contributed by atoms with van der Waals surface area (Å²) in [5.74, 6) is -1.01. The van der Waals surface area contributed by atoms with E-state index in [0.29, 0.717) is 40.8 Å². The van der Waals surface area contributed by atoms with Gasteiger partial charge in [-0.15, -0.1) is 11.3 Å². The predicted octanol–water partition coefficient (Wildman–Crippen LogP) is 3.95. The number of ketones is 1. The summed E-state index contributed by atoms with van der Waals surface area (Å²) in [5, 5.41) is 11.2. The molecule has 1 aliphatic heterocycles. The van der Waals surface area contributed by atoms with Crippen molar-refractivity contribution >= 4 is 46.1 Å². The van der Waals surface area contributed by atoms with Gasteiger partial charge in [0.25, 0.3) is 5.69 Å². The van der Waals surface area contributed by atoms with E-state index in [9.17, 15) is 19.7 Å². The van der Waals surface area contributed by atoms with Crippen LogP contribution in [0.25, 0.3) is 0 Å². The molecule has 0 atom stereocenters. The van der Waals surface area contributed by atoms with Crippen LogP contribution in [0.5, 0.6) is 0 Å². The summed E-state index contributed by atoms with van der Waals surface area (Å²) in [7, 11) is 0. The molecular formula is C18H17ClN2O5S. The number of carbonyl (C=O) groups excluding carboxylic acids is 2. The van der Waals surface area contributed by atoms with Crippen LogP contribution in [0.15, 0.2) is 36.4 Å². The largest absolute Gasteiger partial charge is 0.457 e. The Kier molecular flexibility index (Phi) is 6.08. The van der Waals surface area contributed by atoms with Crippen molar-refractivity contribution in [2.24, 2.45) is 5.92 Å². The topological polar surface area (TPSA) is 89.8 Å². The van der Waals surface area contributed by atoms with Gasteiger partial charge in [-0.05, 0) is 31.0 Å². The number of rotatable bonds is 6. The molecule has 27 heavy (non-hydrogen) atoms. The van der Waals surface area contributed by atoms with Gasteiger partial charge in [-0.1, -0.05) is 23.7 Å². The molecule has 2 aromatic rings. The SMILES string of the molecule is O=C(COC(=O)C1CCN(c2ccccc2[N+](=O)[O-])CC1)c1ccc(Cl)s1. The van der Waals surface area contributed by atoms with E-state index in [-0.39, 0.29) is 24.0 Å². The quantitative estimate of drug-likeness (QED) is 0.311. The minimum absolute atomic E-state index is 0.0544. The van der Waals surface area contributed by atoms with Crippen molar-refractivity contribution < 1.29 is 19.2 Å². The number of hydrogen-bond donors (Lipinski definition) is 0. The number of piperidine rings is 1. The molecule has 1 fully saturated rings. The lowest BCUT2D eigenvalue weighted by Gasteiger charge is -2.32. The third kappa shape index (κ3) is 4.64. The van der Waals surface area contributed by atoms with Crippen molar-refractivity contribution in [3.63, 3.8) is 0 Å². The van der Waals surface area contributed by atoms with Gasteiger partial charge in [0.15, 0.2) is 6.61 Å². The number of nitro benzene ring substituents is 1. The molecule has 1 aliphatic rings. The van der Waals surface area contributed by atoms with Gasteiger partial charge in [-0.25, -0.2) is 0 Å². The molecular weight excluding hydrogens is 392 g/mol. The average Bonchev–Trinajstić information content (AvgIpc) is 3.12. The van der Waals surface area contributed by atoms with Gasteiger partial charge in [0, 0.05) is 19.2 Å². The lowest BCUT2D eigenvalue weighted by Crippen LogP contribution is -2.37. The minimum Gasteiger partial charge on any atom is -0.457 e. The summed E-state index contributed by atoms with van der Waals surface area (Å²) in [4.78, 5) is 37.3. The fourth-order valence-corrected chi connectivity index (χ4v) is 4.00. The van der Waals surface area contributed by atoms with Crippen molar-refractivity contribution in [3.05, 3.63) is 55.7 Å². The Labute approximate surface area is 164 Å². The van der Waals surface area contributed by atoms with E-state index < -0.39 is 10.9 Å². The maximum absolute atomic E-state index is 12.2. The number of nitrogens with zero attached hydrogens (tertiary/aromatic N) is 2. The minimum atomic E-state index is -0.409. The third-order valence-corrected chi connectivity index (χ3v) is 5.71. The normalized spacial score (nSPS) is 14.8. The Balaban J connectivity index is 1.52. The first-order valence-electron chi connectivity index (χ1n) is 8.39. The van der Waals surface area contributed by atoms with Gasteiger partial charge >= 0.3 is 5.97 Å². The Morgan fingerprint density at radius 1 is 1.22 bits per heavy atom. The molecule has 0 aliphatic carbocycles. The van der Waals surface area contributed by atoms with Crippen LogP contribution in [0.1, 0.15) is 22.5 Å². The van der Waals surface area contributed by atoms with Crippen LogP contribution in [0, 0.1) is 16.0 Å². The van der Waals surface area contributed by atoms with E-state index in [0.717, 1.165) is 11.3 Å². The Bertz CT molecular complexity index is 861. The highest BCUT2D eigenvalue weighted by Crippen LogP contribution is 2.31. The number of anilines is 1. The molecule has 9 heteroatoms. The summed E-state index contributed by atoms with van der Waals surface area (Å²) in [6.45, 7) is 0.720. The second-order valence-electron chi connectivity index (χ2n) is 6.14. The van der Waals surface area contributed by atoms with Crippen LogP contribution in [-0.4, -0.2) is 36.4 Å². The third-order valence-electron chi connectivity index (χ3n) is 4.44. The van der Waals surface area contributed by atoms with E-state index in [2.05, 4.69) is 0 Å². The smallest absolute Gasteiger partial charge is 0.309 e. The van der Waals surface area contributed by atoms with Crippen LogP contribution in [0.3, 0.4) is 0 Å². The van der Waals surface area contributed by atoms with Gasteiger partial charge in [0.05, 0.1) is 20.1 Å². The molecule has 0 radical (unpaired) electrons. The molecule has 1 aromatic heterocycles. The summed E-state index contributed by atoms with van der Waals surface area (Å²) in [6.07, 6.45) is 1.04. The van der Waals surface area contributed by atoms with Crippen LogP contribution in [0.4, 0.5) is 11.4 Å². The van der Waals surface area contributed by atoms with Gasteiger partial charge in [0.2, 0.25) is 5.78 Å². The lowest BCUT2D eigenvalue weighted by molar-refractivity contribution is -0.384. The first-order chi connectivity index (χ1) is 13.0. The Hall–Kier alpha value is -2.45. The molecule has 0 N–H and O–H groups in total. The molecule has 2 heterocycles. The summed E-state index contributed by atoms with van der Waals surface area (Å²) in [6, 6.07) is 9.79. The molecule has 0 bridgehead atoms. The van der Waals surface area contributed by atoms with E-state index in [1.807, 2.05) is 4.90 Å². The molecule has 3 rings (SSSR count). The van der Waals surface area contributed by atoms with Crippen molar-refractivity contribution in [3.8, 4) is 0 Å². The second kappa shape index (κ2) is 8.49. The molecule has 1 saturated heterocycles. The highest BCUT2D eigenvalue weighted by Gasteiger charge is 2.29. The highest BCUT2D eigenvalue weighted by molar-refractivity contribution is 7.18. The average molecular weight is 409 g/mol. The molecule has 0 amide bonds. The number of hydrogen-bond acceptors (Lipinski definition) is 7. The number of nitro groups is 1. The maximum atomic E-state index is 12.2. The maximum Gasteiger partial charge on any atom is 0.309 e. The van der Waals surface area contributed by atoms with Gasteiger partial charge in [0.1, 0.15) is 5.69 Å². The Morgan fingerprint density at radius 3 is 2.56 bits per heavy atom. The van der Waals surface area contributed by atoms with Gasteiger partial charge < -0.3 is 9.64 Å². The van der Waals surface area contributed by atoms with E-state index in [1.165, 1.54) is 6.07 Å². The van der Waals surface area contributed by atoms with E-state index in [1.54, 1.807) is 30.3 Å². The van der Waals surface area contributed by atoms with Crippen LogP contribution in [0.2, 0.25) is 4.34 Å². The summed E-state index contributed by atoms with van der Waals surface area (Å²) in [5.41, 5.74) is 0.609. The van der Waals surface area contributed by atoms with Crippen LogP contribution >= 0.6 is 22.9 Å². The van der Waals surface area contributed by atoms with E-state index in [4.69, 9.17) is 16.3 Å². The fraction of sp³-hybridized carbons (Fsp3) is 0.333. The number of para-hydroxylation sites is 2. The number of thiophene rings is 1. The van der Waals surface area contributed by atoms with E-state index >= 15 is 0 Å². The summed E-state index contributed by atoms with van der Waals surface area (Å²) < 4.78 is 5.66. The molecule has 1 aromatic carbocycles. The van der Waals surface area contributed by atoms with Crippen LogP contribution < -0.4 is 4.90 Å². The van der Waals surface area contributed by atoms with Crippen molar-refractivity contribution in [2.45, 2.75) is 12.8 Å². The van der Waals surface area contributed by atoms with Crippen molar-refractivity contribution in [1.29, 1.82) is 0 Å². The number of halogens is 1. The number of ether oxygens (including phenoxy) is 1. The zero-order chi connectivity index (χ0) is 19.4. The first kappa shape index (κ1) is 19.3. The fourth-order valence-electron chi connectivity index (χ4n) is 3.03. The first-order valence-corrected chi connectivity index (χ1v) is 9.58. The van der Waals surface area contributed by atoms with Crippen molar-refractivity contribution in [2.75, 3.05) is 24.6 Å². The number of benzene rings is 1. The van der Waals surface area contributed by atoms with Gasteiger partial charge in [-0.3, -0.25) is 19.7 Å². The Morgan fingerprint density at radius 2 is 1.93 bits per heavy atom. The number of carbonyl (C=O) groups is 2. The molecule has 0 unspecified atom stereocenters. The monoisotopic (exact) mass is 408 g/mol. The summed E-state index contributed by atoms with van der Waals surface area (Å²) >= 11 is 6.94. The highest BCUT2D eigenvalue weighted by atomic mass is 35.5. The predicted molar refractivity (Wildman–Crippen MR) is 103 cm³/mol. The molecule has 0 spiro atoms. The zero-order valence-corrected chi connectivity index (χ0v) is 15.9. The second-order valence-corrected chi connectivity index (χ2v) is 7.86. The number of Topliss-reactive ketones (excluding diaryl/α,β-unsaturated/α-hetero) is 1. The van der Waals surface area contributed by atoms with Crippen molar-refractivity contribution in [1.82, 2.24) is 0 Å².